The first-order chi connectivity index (χ1) is 28.5. The predicted molar refractivity (Wildman–Crippen MR) is 243 cm³/mol. The molecule has 0 unspecified atom stereocenters. The molecule has 286 valence electrons. The summed E-state index contributed by atoms with van der Waals surface area (Å²) in [5, 5.41) is 0. The number of benzene rings is 7. The molecule has 0 radical (unpaired) electrons. The van der Waals surface area contributed by atoms with Crippen molar-refractivity contribution in [2.45, 2.75) is 88.4 Å². The Bertz CT molecular complexity index is 2590. The minimum atomic E-state index is -0.120. The molecule has 0 N–H and O–H groups in total. The second kappa shape index (κ2) is 13.9. The lowest BCUT2D eigenvalue weighted by Gasteiger charge is -2.37. The molecule has 1 atom stereocenters. The summed E-state index contributed by atoms with van der Waals surface area (Å²) in [4.78, 5) is 5.13. The first kappa shape index (κ1) is 35.3. The van der Waals surface area contributed by atoms with Crippen LogP contribution in [0.2, 0.25) is 0 Å². The van der Waals surface area contributed by atoms with Gasteiger partial charge in [-0.25, -0.2) is 0 Å². The third-order valence-electron chi connectivity index (χ3n) is 14.4. The first-order valence-electron chi connectivity index (χ1n) is 21.8. The van der Waals surface area contributed by atoms with Gasteiger partial charge in [-0.1, -0.05) is 136 Å². The molecule has 0 aromatic heterocycles. The lowest BCUT2D eigenvalue weighted by atomic mass is 9.74. The van der Waals surface area contributed by atoms with Crippen molar-refractivity contribution in [3.8, 4) is 11.1 Å². The fourth-order valence-corrected chi connectivity index (χ4v) is 11.7. The molecule has 1 spiro atoms. The lowest BCUT2D eigenvalue weighted by molar-refractivity contribution is 0.443. The van der Waals surface area contributed by atoms with E-state index in [1.54, 1.807) is 0 Å². The molecule has 2 nitrogen and oxygen atoms in total. The Labute approximate surface area is 344 Å². The van der Waals surface area contributed by atoms with E-state index in [9.17, 15) is 0 Å². The van der Waals surface area contributed by atoms with Crippen LogP contribution in [0.5, 0.6) is 0 Å². The van der Waals surface area contributed by atoms with E-state index >= 15 is 0 Å². The van der Waals surface area contributed by atoms with Gasteiger partial charge in [-0.3, -0.25) is 0 Å². The van der Waals surface area contributed by atoms with E-state index in [1.165, 1.54) is 116 Å². The van der Waals surface area contributed by atoms with Crippen molar-refractivity contribution in [2.75, 3.05) is 9.80 Å². The summed E-state index contributed by atoms with van der Waals surface area (Å²) in [5.74, 6) is 0.671. The molecule has 0 heterocycles. The first-order valence-corrected chi connectivity index (χ1v) is 21.8. The van der Waals surface area contributed by atoms with E-state index in [-0.39, 0.29) is 10.8 Å². The Morgan fingerprint density at radius 2 is 0.966 bits per heavy atom. The van der Waals surface area contributed by atoms with Gasteiger partial charge in [-0.05, 0) is 155 Å². The highest BCUT2D eigenvalue weighted by Gasteiger charge is 2.49. The van der Waals surface area contributed by atoms with Gasteiger partial charge in [0.2, 0.25) is 0 Å². The maximum atomic E-state index is 2.62. The van der Waals surface area contributed by atoms with Crippen LogP contribution in [-0.4, -0.2) is 0 Å². The van der Waals surface area contributed by atoms with Crippen LogP contribution < -0.4 is 9.80 Å². The number of para-hydroxylation sites is 2. The zero-order valence-corrected chi connectivity index (χ0v) is 33.9. The molecule has 4 aliphatic carbocycles. The molecule has 58 heavy (non-hydrogen) atoms. The number of fused-ring (bicyclic) bond motifs is 7. The summed E-state index contributed by atoms with van der Waals surface area (Å²) < 4.78 is 0. The molecule has 0 amide bonds. The van der Waals surface area contributed by atoms with Crippen LogP contribution in [0.4, 0.5) is 34.1 Å². The molecule has 1 saturated carbocycles. The summed E-state index contributed by atoms with van der Waals surface area (Å²) in [6.07, 6.45) is 11.1. The zero-order valence-electron chi connectivity index (χ0n) is 33.9. The van der Waals surface area contributed by atoms with Crippen molar-refractivity contribution in [1.82, 2.24) is 0 Å². The highest BCUT2D eigenvalue weighted by Crippen LogP contribution is 2.60. The van der Waals surface area contributed by atoms with E-state index in [0.717, 1.165) is 25.7 Å². The summed E-state index contributed by atoms with van der Waals surface area (Å²) in [6, 6.07) is 62.3. The van der Waals surface area contributed by atoms with Crippen molar-refractivity contribution in [2.24, 2.45) is 0 Å². The molecule has 1 fully saturated rings. The van der Waals surface area contributed by atoms with Gasteiger partial charge in [0.1, 0.15) is 0 Å². The van der Waals surface area contributed by atoms with Crippen LogP contribution >= 0.6 is 0 Å². The van der Waals surface area contributed by atoms with Crippen LogP contribution in [0.25, 0.3) is 11.1 Å². The average molecular weight is 753 g/mol. The van der Waals surface area contributed by atoms with Crippen LogP contribution in [-0.2, 0) is 23.7 Å². The second-order valence-electron chi connectivity index (χ2n) is 17.9. The van der Waals surface area contributed by atoms with Gasteiger partial charge in [0.15, 0.2) is 0 Å². The van der Waals surface area contributed by atoms with Crippen molar-refractivity contribution in [3.63, 3.8) is 0 Å². The number of hydrogen-bond acceptors (Lipinski definition) is 2. The SMILES string of the molecule is CC1(C)c2ccccc2-c2cc(N(c3ccc(C4CCCCC4)cc3)c3cccc4c3[C@]3(CCc5cccc(N(c6ccccc6)c6ccccc6)c53)CC4)ccc21. The Morgan fingerprint density at radius 3 is 1.59 bits per heavy atom. The van der Waals surface area contributed by atoms with E-state index in [4.69, 9.17) is 0 Å². The number of rotatable bonds is 7. The van der Waals surface area contributed by atoms with E-state index in [2.05, 4.69) is 187 Å². The zero-order chi connectivity index (χ0) is 38.8. The number of nitrogens with zero attached hydrogens (tertiary/aromatic N) is 2. The van der Waals surface area contributed by atoms with Gasteiger partial charge in [0.05, 0.1) is 11.4 Å². The van der Waals surface area contributed by atoms with Crippen LogP contribution in [0.3, 0.4) is 0 Å². The number of anilines is 6. The smallest absolute Gasteiger partial charge is 0.0505 e. The van der Waals surface area contributed by atoms with E-state index < -0.39 is 0 Å². The van der Waals surface area contributed by atoms with Gasteiger partial charge < -0.3 is 9.80 Å². The van der Waals surface area contributed by atoms with E-state index in [0.29, 0.717) is 5.92 Å². The molecule has 7 aromatic carbocycles. The van der Waals surface area contributed by atoms with Gasteiger partial charge in [0.25, 0.3) is 0 Å². The van der Waals surface area contributed by atoms with Crippen molar-refractivity contribution in [3.05, 3.63) is 203 Å². The molecular weight excluding hydrogens is 701 g/mol. The van der Waals surface area contributed by atoms with Crippen molar-refractivity contribution >= 4 is 34.1 Å². The van der Waals surface area contributed by atoms with Gasteiger partial charge in [0, 0.05) is 33.6 Å². The molecule has 0 saturated heterocycles. The monoisotopic (exact) mass is 752 g/mol. The van der Waals surface area contributed by atoms with Crippen LogP contribution in [0, 0.1) is 0 Å². The Morgan fingerprint density at radius 1 is 0.448 bits per heavy atom. The Kier molecular flexibility index (Phi) is 8.47. The quantitative estimate of drug-likeness (QED) is 0.160. The van der Waals surface area contributed by atoms with Crippen molar-refractivity contribution < 1.29 is 0 Å². The van der Waals surface area contributed by atoms with E-state index in [1.807, 2.05) is 0 Å². The Hall–Kier alpha value is -5.86. The highest BCUT2D eigenvalue weighted by atomic mass is 15.2. The molecule has 11 rings (SSSR count). The minimum Gasteiger partial charge on any atom is -0.310 e. The number of aryl methyl sites for hydroxylation is 2. The summed E-state index contributed by atoms with van der Waals surface area (Å²) in [5.41, 5.74) is 20.4. The largest absolute Gasteiger partial charge is 0.310 e. The summed E-state index contributed by atoms with van der Waals surface area (Å²) in [7, 11) is 0. The molecule has 4 aliphatic rings. The summed E-state index contributed by atoms with van der Waals surface area (Å²) in [6.45, 7) is 4.77. The predicted octanol–water partition coefficient (Wildman–Crippen LogP) is 15.2. The average Bonchev–Trinajstić information content (AvgIpc) is 3.93. The number of hydrogen-bond donors (Lipinski definition) is 0. The molecule has 0 aliphatic heterocycles. The normalized spacial score (nSPS) is 18.7. The van der Waals surface area contributed by atoms with Gasteiger partial charge >= 0.3 is 0 Å². The van der Waals surface area contributed by atoms with Gasteiger partial charge in [-0.2, -0.15) is 0 Å². The third kappa shape index (κ3) is 5.52. The van der Waals surface area contributed by atoms with Gasteiger partial charge in [-0.15, -0.1) is 0 Å². The standard InChI is InChI=1S/C56H52N2/c1-55(2)49-25-13-12-24-47(49)48-38-46(32-33-50(48)55)58(45-30-28-40(29-31-45)39-16-6-3-7-17-39)52-27-15-19-42-35-37-56(54(42)52)36-34-41-18-14-26-51(53(41)56)57(43-20-8-4-9-21-43)44-22-10-5-11-23-44/h4-5,8-15,18-33,38-39H,3,6-7,16-17,34-37H2,1-2H3/t56-/m1/s1. The fraction of sp³-hybridized carbons (Fsp3) is 0.250. The second-order valence-corrected chi connectivity index (χ2v) is 17.9. The summed E-state index contributed by atoms with van der Waals surface area (Å²) >= 11 is 0. The lowest BCUT2D eigenvalue weighted by Crippen LogP contribution is -2.27. The minimum absolute atomic E-state index is 0.0394. The molecule has 7 aromatic rings. The van der Waals surface area contributed by atoms with Crippen molar-refractivity contribution in [1.29, 1.82) is 0 Å². The highest BCUT2D eigenvalue weighted by molar-refractivity contribution is 5.89. The third-order valence-corrected chi connectivity index (χ3v) is 14.4. The fourth-order valence-electron chi connectivity index (χ4n) is 11.7. The maximum Gasteiger partial charge on any atom is 0.0505 e. The topological polar surface area (TPSA) is 6.48 Å². The molecule has 0 bridgehead atoms. The molecular formula is C56H52N2. The van der Waals surface area contributed by atoms with Crippen LogP contribution in [0.1, 0.15) is 104 Å². The van der Waals surface area contributed by atoms with Crippen LogP contribution in [0.15, 0.2) is 164 Å². The Balaban J connectivity index is 1.12. The molecule has 2 heteroatoms. The maximum absolute atomic E-state index is 2.62.